The molecule has 0 aromatic heterocycles. The molecular weight excluding hydrogens is 136 g/mol. The Morgan fingerprint density at radius 1 is 1.10 bits per heavy atom. The van der Waals surface area contributed by atoms with Crippen molar-refractivity contribution in [3.05, 3.63) is 11.3 Å². The highest BCUT2D eigenvalue weighted by molar-refractivity contribution is 6.81. The molecule has 0 N–H and O–H groups in total. The largest absolute Gasteiger partial charge is 0.0958 e. The van der Waals surface area contributed by atoms with Crippen LogP contribution in [0.2, 0.25) is 19.6 Å². The summed E-state index contributed by atoms with van der Waals surface area (Å²) in [6, 6.07) is 0. The molecule has 0 radical (unpaired) electrons. The van der Waals surface area contributed by atoms with Crippen molar-refractivity contribution in [3.63, 3.8) is 0 Å². The summed E-state index contributed by atoms with van der Waals surface area (Å²) in [5.41, 5.74) is 4.33. The van der Waals surface area contributed by atoms with Crippen LogP contribution in [0.3, 0.4) is 0 Å². The molecule has 0 aromatic carbocycles. The van der Waals surface area contributed by atoms with Crippen LogP contribution in [-0.2, 0) is 0 Å². The second-order valence-corrected chi connectivity index (χ2v) is 9.40. The van der Waals surface area contributed by atoms with E-state index in [1.807, 2.05) is 0 Å². The molecule has 1 heteroatoms. The van der Waals surface area contributed by atoms with Crippen molar-refractivity contribution in [2.45, 2.75) is 45.3 Å². The van der Waals surface area contributed by atoms with E-state index in [1.165, 1.54) is 25.7 Å². The maximum Gasteiger partial charge on any atom is 0.0686 e. The number of hydrogen-bond donors (Lipinski definition) is 0. The van der Waals surface area contributed by atoms with Crippen LogP contribution in [0.25, 0.3) is 0 Å². The van der Waals surface area contributed by atoms with Crippen LogP contribution >= 0.6 is 0 Å². The highest BCUT2D eigenvalue weighted by Gasteiger charge is 2.13. The molecule has 1 rings (SSSR count). The summed E-state index contributed by atoms with van der Waals surface area (Å²) in [5.74, 6) is 0. The fraction of sp³-hybridized carbons (Fsp3) is 0.778. The van der Waals surface area contributed by atoms with Gasteiger partial charge < -0.3 is 0 Å². The van der Waals surface area contributed by atoms with E-state index in [0.717, 1.165) is 0 Å². The summed E-state index contributed by atoms with van der Waals surface area (Å²) in [4.78, 5) is 0. The first-order chi connectivity index (χ1) is 4.58. The van der Waals surface area contributed by atoms with Gasteiger partial charge in [0.05, 0.1) is 8.07 Å². The Morgan fingerprint density at radius 2 is 1.60 bits per heavy atom. The predicted molar refractivity (Wildman–Crippen MR) is 49.9 cm³/mol. The minimum atomic E-state index is -0.884. The molecule has 0 aliphatic heterocycles. The van der Waals surface area contributed by atoms with Crippen LogP contribution in [-0.4, -0.2) is 8.07 Å². The second-order valence-electron chi connectivity index (χ2n) is 4.38. The van der Waals surface area contributed by atoms with Crippen molar-refractivity contribution in [3.8, 4) is 0 Å². The minimum Gasteiger partial charge on any atom is -0.0958 e. The summed E-state index contributed by atoms with van der Waals surface area (Å²) >= 11 is 0. The quantitative estimate of drug-likeness (QED) is 0.508. The zero-order valence-electron chi connectivity index (χ0n) is 7.41. The molecule has 0 bridgehead atoms. The normalized spacial score (nSPS) is 19.7. The summed E-state index contributed by atoms with van der Waals surface area (Å²) in [6.07, 6.45) is 5.67. The molecule has 1 aliphatic rings. The Balaban J connectivity index is 2.53. The number of allylic oxidation sites excluding steroid dienone is 1. The van der Waals surface area contributed by atoms with Gasteiger partial charge in [-0.25, -0.2) is 0 Å². The SMILES string of the molecule is C[Si](C)(C)C=C1CCCC1. The minimum absolute atomic E-state index is 0.884. The van der Waals surface area contributed by atoms with Gasteiger partial charge in [-0.05, 0) is 25.7 Å². The van der Waals surface area contributed by atoms with E-state index in [9.17, 15) is 0 Å². The van der Waals surface area contributed by atoms with Crippen molar-refractivity contribution in [2.24, 2.45) is 0 Å². The first-order valence-electron chi connectivity index (χ1n) is 4.28. The van der Waals surface area contributed by atoms with Crippen LogP contribution < -0.4 is 0 Å². The van der Waals surface area contributed by atoms with Crippen LogP contribution in [0.15, 0.2) is 11.3 Å². The Labute approximate surface area is 65.3 Å². The first kappa shape index (κ1) is 8.06. The van der Waals surface area contributed by atoms with Crippen molar-refractivity contribution in [1.82, 2.24) is 0 Å². The van der Waals surface area contributed by atoms with Crippen molar-refractivity contribution >= 4 is 8.07 Å². The Hall–Kier alpha value is -0.0431. The van der Waals surface area contributed by atoms with Crippen LogP contribution in [0.5, 0.6) is 0 Å². The molecule has 1 aliphatic carbocycles. The highest BCUT2D eigenvalue weighted by atomic mass is 28.3. The van der Waals surface area contributed by atoms with Gasteiger partial charge in [0.2, 0.25) is 0 Å². The molecular formula is C9H18Si. The molecule has 0 atom stereocenters. The third kappa shape index (κ3) is 2.69. The second kappa shape index (κ2) is 2.91. The lowest BCUT2D eigenvalue weighted by atomic mass is 10.3. The Bertz CT molecular complexity index is 131. The highest BCUT2D eigenvalue weighted by Crippen LogP contribution is 2.25. The third-order valence-electron chi connectivity index (χ3n) is 1.88. The molecule has 0 saturated heterocycles. The standard InChI is InChI=1S/C9H18Si/c1-10(2,3)8-9-6-4-5-7-9/h8H,4-7H2,1-3H3. The lowest BCUT2D eigenvalue weighted by molar-refractivity contribution is 0.886. The molecule has 1 fully saturated rings. The van der Waals surface area contributed by atoms with Gasteiger partial charge in [0.25, 0.3) is 0 Å². The predicted octanol–water partition coefficient (Wildman–Crippen LogP) is 3.36. The maximum atomic E-state index is 2.58. The Morgan fingerprint density at radius 3 is 2.00 bits per heavy atom. The zero-order valence-corrected chi connectivity index (χ0v) is 8.41. The van der Waals surface area contributed by atoms with E-state index >= 15 is 0 Å². The fourth-order valence-corrected chi connectivity index (χ4v) is 3.10. The topological polar surface area (TPSA) is 0 Å². The monoisotopic (exact) mass is 154 g/mol. The molecule has 0 heterocycles. The Kier molecular flexibility index (Phi) is 2.35. The molecule has 0 amide bonds. The molecule has 1 saturated carbocycles. The van der Waals surface area contributed by atoms with Crippen LogP contribution in [0.4, 0.5) is 0 Å². The van der Waals surface area contributed by atoms with E-state index in [1.54, 1.807) is 5.57 Å². The van der Waals surface area contributed by atoms with E-state index < -0.39 is 8.07 Å². The first-order valence-corrected chi connectivity index (χ1v) is 7.86. The average Bonchev–Trinajstić information content (AvgIpc) is 2.12. The van der Waals surface area contributed by atoms with E-state index in [2.05, 4.69) is 25.3 Å². The van der Waals surface area contributed by atoms with Gasteiger partial charge in [-0.2, -0.15) is 0 Å². The third-order valence-corrected chi connectivity index (χ3v) is 3.16. The van der Waals surface area contributed by atoms with E-state index in [0.29, 0.717) is 0 Å². The smallest absolute Gasteiger partial charge is 0.0686 e. The summed E-state index contributed by atoms with van der Waals surface area (Å²) in [7, 11) is -0.884. The molecule has 0 spiro atoms. The lowest BCUT2D eigenvalue weighted by Crippen LogP contribution is -2.16. The van der Waals surface area contributed by atoms with Gasteiger partial charge >= 0.3 is 0 Å². The van der Waals surface area contributed by atoms with E-state index in [4.69, 9.17) is 0 Å². The van der Waals surface area contributed by atoms with Gasteiger partial charge in [-0.3, -0.25) is 0 Å². The fourth-order valence-electron chi connectivity index (χ4n) is 1.59. The van der Waals surface area contributed by atoms with Crippen LogP contribution in [0.1, 0.15) is 25.7 Å². The van der Waals surface area contributed by atoms with E-state index in [-0.39, 0.29) is 0 Å². The van der Waals surface area contributed by atoms with Gasteiger partial charge in [-0.1, -0.05) is 30.9 Å². The molecule has 0 aromatic rings. The maximum absolute atomic E-state index is 2.58. The average molecular weight is 154 g/mol. The number of hydrogen-bond acceptors (Lipinski definition) is 0. The summed E-state index contributed by atoms with van der Waals surface area (Å²) in [6.45, 7) is 7.24. The molecule has 0 nitrogen and oxygen atoms in total. The van der Waals surface area contributed by atoms with Crippen molar-refractivity contribution in [1.29, 1.82) is 0 Å². The summed E-state index contributed by atoms with van der Waals surface area (Å²) < 4.78 is 0. The molecule has 58 valence electrons. The molecule has 10 heavy (non-hydrogen) atoms. The number of rotatable bonds is 1. The van der Waals surface area contributed by atoms with Crippen molar-refractivity contribution in [2.75, 3.05) is 0 Å². The van der Waals surface area contributed by atoms with Gasteiger partial charge in [0, 0.05) is 0 Å². The van der Waals surface area contributed by atoms with Gasteiger partial charge in [0.1, 0.15) is 0 Å². The van der Waals surface area contributed by atoms with Crippen LogP contribution in [0, 0.1) is 0 Å². The van der Waals surface area contributed by atoms with Gasteiger partial charge in [-0.15, -0.1) is 0 Å². The van der Waals surface area contributed by atoms with Crippen molar-refractivity contribution < 1.29 is 0 Å². The summed E-state index contributed by atoms with van der Waals surface area (Å²) in [5, 5.41) is 0. The lowest BCUT2D eigenvalue weighted by Gasteiger charge is -2.10. The molecule has 0 unspecified atom stereocenters. The zero-order chi connectivity index (χ0) is 7.61. The van der Waals surface area contributed by atoms with Gasteiger partial charge in [0.15, 0.2) is 0 Å².